The van der Waals surface area contributed by atoms with Crippen LogP contribution in [0.15, 0.2) is 11.6 Å². The third kappa shape index (κ3) is 5.83. The van der Waals surface area contributed by atoms with E-state index in [-0.39, 0.29) is 18.8 Å². The third-order valence-corrected chi connectivity index (χ3v) is 1.17. The Hall–Kier alpha value is -1.40. The fourth-order valence-corrected chi connectivity index (χ4v) is 0.480. The molecular weight excluding hydrogens is 176 g/mol. The molecule has 0 aromatic rings. The first-order valence-electron chi connectivity index (χ1n) is 3.54. The van der Waals surface area contributed by atoms with Gasteiger partial charge in [0.1, 0.15) is 13.2 Å². The maximum atomic E-state index is 10.8. The first-order valence-corrected chi connectivity index (χ1v) is 3.54. The topological polar surface area (TPSA) is 105 Å². The molecule has 4 N–H and O–H groups in total. The van der Waals surface area contributed by atoms with E-state index in [2.05, 4.69) is 15.5 Å². The summed E-state index contributed by atoms with van der Waals surface area (Å²) in [7, 11) is 0. The number of carbonyl (C=O) groups excluding carboxylic acids is 2. The second-order valence-corrected chi connectivity index (χ2v) is 2.23. The molecule has 6 nitrogen and oxygen atoms in total. The quantitative estimate of drug-likeness (QED) is 0.245. The molecule has 6 heteroatoms. The molecule has 0 aromatic carbocycles. The average Bonchev–Trinajstić information content (AvgIpc) is 2.04. The number of amides is 1. The van der Waals surface area contributed by atoms with E-state index >= 15 is 0 Å². The molecule has 0 rings (SSSR count). The fraction of sp³-hybridized carbons (Fsp3) is 0.429. The molecule has 0 heterocycles. The van der Waals surface area contributed by atoms with Gasteiger partial charge in [-0.05, 0) is 6.92 Å². The van der Waals surface area contributed by atoms with Crippen molar-refractivity contribution in [3.8, 4) is 0 Å². The van der Waals surface area contributed by atoms with Gasteiger partial charge in [-0.2, -0.15) is 0 Å². The van der Waals surface area contributed by atoms with E-state index in [0.29, 0.717) is 0 Å². The Morgan fingerprint density at radius 1 is 1.38 bits per heavy atom. The van der Waals surface area contributed by atoms with Crippen molar-refractivity contribution in [2.45, 2.75) is 6.92 Å². The van der Waals surface area contributed by atoms with E-state index in [0.717, 1.165) is 6.08 Å². The number of rotatable bonds is 5. The van der Waals surface area contributed by atoms with Crippen molar-refractivity contribution in [2.24, 2.45) is 11.6 Å². The van der Waals surface area contributed by atoms with E-state index in [1.807, 2.05) is 0 Å². The molecule has 13 heavy (non-hydrogen) atoms. The molecule has 0 radical (unpaired) electrons. The van der Waals surface area contributed by atoms with Gasteiger partial charge in [-0.3, -0.25) is 4.79 Å². The minimum absolute atomic E-state index is 0.0396. The zero-order chi connectivity index (χ0) is 10.3. The molecule has 74 valence electrons. The summed E-state index contributed by atoms with van der Waals surface area (Å²) in [5, 5.41) is 0. The van der Waals surface area contributed by atoms with Gasteiger partial charge < -0.3 is 15.3 Å². The minimum Gasteiger partial charge on any atom is -0.460 e. The minimum atomic E-state index is -0.660. The van der Waals surface area contributed by atoms with Crippen LogP contribution in [0.2, 0.25) is 0 Å². The van der Waals surface area contributed by atoms with Gasteiger partial charge in [-0.25, -0.2) is 10.7 Å². The van der Waals surface area contributed by atoms with Crippen LogP contribution in [0.4, 0.5) is 0 Å². The lowest BCUT2D eigenvalue weighted by atomic mass is 10.3. The molecule has 0 atom stereocenters. The Balaban J connectivity index is 3.86. The van der Waals surface area contributed by atoms with Crippen LogP contribution in [0.25, 0.3) is 0 Å². The van der Waals surface area contributed by atoms with Gasteiger partial charge in [0.15, 0.2) is 0 Å². The smallest absolute Gasteiger partial charge is 0.331 e. The summed E-state index contributed by atoms with van der Waals surface area (Å²) in [4.78, 5) is 25.5. The van der Waals surface area contributed by atoms with Crippen molar-refractivity contribution in [1.29, 1.82) is 0 Å². The third-order valence-electron chi connectivity index (χ3n) is 1.17. The highest BCUT2D eigenvalue weighted by Gasteiger charge is 2.02. The summed E-state index contributed by atoms with van der Waals surface area (Å²) in [5.41, 5.74) is 5.02. The van der Waals surface area contributed by atoms with Crippen molar-refractivity contribution in [2.75, 3.05) is 13.2 Å². The van der Waals surface area contributed by atoms with Gasteiger partial charge in [0.05, 0.1) is 0 Å². The highest BCUT2D eigenvalue weighted by atomic mass is 16.6. The van der Waals surface area contributed by atoms with Crippen LogP contribution in [0.3, 0.4) is 0 Å². The summed E-state index contributed by atoms with van der Waals surface area (Å²) in [6.07, 6.45) is 1.01. The molecule has 0 fully saturated rings. The average molecular weight is 188 g/mol. The predicted molar refractivity (Wildman–Crippen MR) is 44.0 cm³/mol. The molecule has 0 aliphatic rings. The van der Waals surface area contributed by atoms with Crippen LogP contribution < -0.4 is 11.6 Å². The van der Waals surface area contributed by atoms with Gasteiger partial charge in [0.25, 0.3) is 0 Å². The lowest BCUT2D eigenvalue weighted by Crippen LogP contribution is -2.15. The van der Waals surface area contributed by atoms with E-state index in [1.54, 1.807) is 0 Å². The van der Waals surface area contributed by atoms with Crippen LogP contribution in [0.1, 0.15) is 6.92 Å². The molecule has 0 saturated carbocycles. The standard InChI is InChI=1S/C7H12N2O4/c1-5(7(8)11)4-6(10)12-2-3-13-9/h4H,2-3,9H2,1H3,(H2,8,11). The second kappa shape index (κ2) is 6.15. The van der Waals surface area contributed by atoms with Crippen molar-refractivity contribution in [3.05, 3.63) is 11.6 Å². The van der Waals surface area contributed by atoms with E-state index in [1.165, 1.54) is 6.92 Å². The monoisotopic (exact) mass is 188 g/mol. The van der Waals surface area contributed by atoms with Crippen molar-refractivity contribution in [1.82, 2.24) is 0 Å². The van der Waals surface area contributed by atoms with E-state index in [4.69, 9.17) is 5.73 Å². The molecule has 1 amide bonds. The van der Waals surface area contributed by atoms with Crippen molar-refractivity contribution in [3.63, 3.8) is 0 Å². The molecule has 0 spiro atoms. The Kier molecular flexibility index (Phi) is 5.49. The number of nitrogens with two attached hydrogens (primary N) is 2. The summed E-state index contributed by atoms with van der Waals surface area (Å²) in [6, 6.07) is 0. The van der Waals surface area contributed by atoms with Crippen molar-refractivity contribution >= 4 is 11.9 Å². The molecule has 0 aliphatic heterocycles. The maximum absolute atomic E-state index is 10.8. The largest absolute Gasteiger partial charge is 0.460 e. The van der Waals surface area contributed by atoms with Crippen LogP contribution in [0.5, 0.6) is 0 Å². The SMILES string of the molecule is CC(=CC(=O)OCCON)C(N)=O. The molecule has 0 aromatic heterocycles. The van der Waals surface area contributed by atoms with Gasteiger partial charge >= 0.3 is 5.97 Å². The number of carbonyl (C=O) groups is 2. The summed E-state index contributed by atoms with van der Waals surface area (Å²) < 4.78 is 4.58. The molecule has 0 aliphatic carbocycles. The van der Waals surface area contributed by atoms with E-state index < -0.39 is 11.9 Å². The first kappa shape index (κ1) is 11.6. The number of esters is 1. The first-order chi connectivity index (χ1) is 6.07. The van der Waals surface area contributed by atoms with Crippen molar-refractivity contribution < 1.29 is 19.2 Å². The number of ether oxygens (including phenoxy) is 1. The summed E-state index contributed by atoms with van der Waals surface area (Å²) >= 11 is 0. The van der Waals surface area contributed by atoms with Gasteiger partial charge in [-0.15, -0.1) is 0 Å². The highest BCUT2D eigenvalue weighted by molar-refractivity contribution is 5.97. The van der Waals surface area contributed by atoms with Gasteiger partial charge in [0, 0.05) is 11.6 Å². The maximum Gasteiger partial charge on any atom is 0.331 e. The van der Waals surface area contributed by atoms with Gasteiger partial charge in [0.2, 0.25) is 5.91 Å². The Morgan fingerprint density at radius 2 is 2.00 bits per heavy atom. The zero-order valence-corrected chi connectivity index (χ0v) is 7.28. The lowest BCUT2D eigenvalue weighted by molar-refractivity contribution is -0.139. The van der Waals surface area contributed by atoms with Crippen LogP contribution >= 0.6 is 0 Å². The summed E-state index contributed by atoms with van der Waals surface area (Å²) in [6.45, 7) is 1.57. The van der Waals surface area contributed by atoms with E-state index in [9.17, 15) is 9.59 Å². The number of primary amides is 1. The summed E-state index contributed by atoms with van der Waals surface area (Å²) in [5.74, 6) is 3.38. The van der Waals surface area contributed by atoms with Crippen LogP contribution in [-0.4, -0.2) is 25.1 Å². The predicted octanol–water partition coefficient (Wildman–Crippen LogP) is -1.15. The molecule has 0 unspecified atom stereocenters. The Morgan fingerprint density at radius 3 is 2.46 bits per heavy atom. The van der Waals surface area contributed by atoms with Gasteiger partial charge in [-0.1, -0.05) is 0 Å². The number of hydrogen-bond acceptors (Lipinski definition) is 5. The number of hydrogen-bond donors (Lipinski definition) is 2. The molecular formula is C7H12N2O4. The normalized spacial score (nSPS) is 11.1. The Bertz CT molecular complexity index is 225. The Labute approximate surface area is 75.4 Å². The fourth-order valence-electron chi connectivity index (χ4n) is 0.480. The second-order valence-electron chi connectivity index (χ2n) is 2.23. The molecule has 0 bridgehead atoms. The lowest BCUT2D eigenvalue weighted by Gasteiger charge is -2.00. The van der Waals surface area contributed by atoms with Crippen LogP contribution in [0, 0.1) is 0 Å². The van der Waals surface area contributed by atoms with Crippen LogP contribution in [-0.2, 0) is 19.2 Å². The zero-order valence-electron chi connectivity index (χ0n) is 7.28. The highest BCUT2D eigenvalue weighted by Crippen LogP contribution is 1.91. The molecule has 0 saturated heterocycles.